The fraction of sp³-hybridized carbons (Fsp3) is 0.429. The average Bonchev–Trinajstić information content (AvgIpc) is 3.58. The SMILES string of the molecule is Cl.Clc1cccc(Cl)c1Nc1nc2c([nH]1)CCCC2.NC(=NC1CCCCC12OCCO2)Nc1c(Cl)cccc1Cl. The third-order valence-electron chi connectivity index (χ3n) is 7.21. The lowest BCUT2D eigenvalue weighted by molar-refractivity contribution is -0.187. The van der Waals surface area contributed by atoms with Crippen LogP contribution >= 0.6 is 58.8 Å². The van der Waals surface area contributed by atoms with Crippen LogP contribution in [0.2, 0.25) is 20.1 Å². The molecule has 1 saturated heterocycles. The zero-order valence-electron chi connectivity index (χ0n) is 22.3. The molecular formula is C28H33Cl5N6O2. The lowest BCUT2D eigenvalue weighted by Crippen LogP contribution is -2.46. The van der Waals surface area contributed by atoms with Crippen molar-refractivity contribution in [2.24, 2.45) is 10.7 Å². The van der Waals surface area contributed by atoms with Crippen LogP contribution in [0.4, 0.5) is 17.3 Å². The minimum Gasteiger partial charge on any atom is -0.370 e. The number of benzene rings is 2. The van der Waals surface area contributed by atoms with Crippen LogP contribution in [0.1, 0.15) is 49.9 Å². The molecule has 2 aliphatic carbocycles. The van der Waals surface area contributed by atoms with Gasteiger partial charge < -0.3 is 30.8 Å². The topological polar surface area (TPSA) is 110 Å². The quantitative estimate of drug-likeness (QED) is 0.166. The van der Waals surface area contributed by atoms with Gasteiger partial charge in [0.15, 0.2) is 11.7 Å². The fourth-order valence-electron chi connectivity index (χ4n) is 5.26. The van der Waals surface area contributed by atoms with Gasteiger partial charge in [-0.3, -0.25) is 0 Å². The van der Waals surface area contributed by atoms with E-state index in [-0.39, 0.29) is 24.4 Å². The number of ether oxygens (including phenoxy) is 2. The number of aromatic amines is 1. The molecule has 1 aliphatic heterocycles. The van der Waals surface area contributed by atoms with E-state index in [2.05, 4.69) is 25.6 Å². The lowest BCUT2D eigenvalue weighted by Gasteiger charge is -2.37. The highest BCUT2D eigenvalue weighted by atomic mass is 35.5. The number of guanidine groups is 1. The van der Waals surface area contributed by atoms with Crippen LogP contribution in [0.5, 0.6) is 0 Å². The van der Waals surface area contributed by atoms with Gasteiger partial charge in [0, 0.05) is 12.1 Å². The number of aromatic nitrogens is 2. The normalized spacial score (nSPS) is 19.5. The van der Waals surface area contributed by atoms with Crippen molar-refractivity contribution in [1.29, 1.82) is 0 Å². The maximum absolute atomic E-state index is 6.13. The fourth-order valence-corrected chi connectivity index (χ4v) is 6.24. The number of halogens is 5. The molecule has 2 heterocycles. The van der Waals surface area contributed by atoms with Crippen LogP contribution in [0.3, 0.4) is 0 Å². The third-order valence-corrected chi connectivity index (χ3v) is 8.47. The molecule has 2 aromatic carbocycles. The molecule has 0 bridgehead atoms. The second-order valence-corrected chi connectivity index (χ2v) is 11.6. The van der Waals surface area contributed by atoms with Gasteiger partial charge in [-0.1, -0.05) is 65.0 Å². The molecule has 41 heavy (non-hydrogen) atoms. The Labute approximate surface area is 266 Å². The van der Waals surface area contributed by atoms with E-state index in [4.69, 9.17) is 61.6 Å². The molecular weight excluding hydrogens is 630 g/mol. The summed E-state index contributed by atoms with van der Waals surface area (Å²) in [5, 5.41) is 8.34. The van der Waals surface area contributed by atoms with Crippen molar-refractivity contribution in [2.45, 2.75) is 63.2 Å². The van der Waals surface area contributed by atoms with Crippen LogP contribution in [-0.2, 0) is 22.3 Å². The largest absolute Gasteiger partial charge is 0.370 e. The summed E-state index contributed by atoms with van der Waals surface area (Å²) in [6.07, 6.45) is 8.45. The molecule has 1 spiro atoms. The Hall–Kier alpha value is -1.91. The van der Waals surface area contributed by atoms with E-state index < -0.39 is 5.79 Å². The molecule has 3 aromatic rings. The lowest BCUT2D eigenvalue weighted by atomic mass is 9.89. The standard InChI is InChI=1S/C15H19Cl2N3O2.C13H13Cl2N3.ClH/c16-10-4-3-5-11(17)13(10)20-14(18)19-12-6-1-2-7-15(12)21-8-9-22-15;14-8-4-3-5-9(15)12(8)18-13-16-10-6-1-2-7-11(10)17-13;/h3-5,12H,1-2,6-9H2,(H3,18,19,20);3-5H,1-2,6-7H2,(H2,16,17,18);1H. The Kier molecular flexibility index (Phi) is 11.3. The van der Waals surface area contributed by atoms with Gasteiger partial charge in [-0.2, -0.15) is 0 Å². The molecule has 1 saturated carbocycles. The van der Waals surface area contributed by atoms with Crippen LogP contribution in [0.25, 0.3) is 0 Å². The summed E-state index contributed by atoms with van der Waals surface area (Å²) in [6.45, 7) is 1.21. The number of nitrogens with two attached hydrogens (primary N) is 1. The van der Waals surface area contributed by atoms with Crippen LogP contribution in [0.15, 0.2) is 41.4 Å². The number of nitrogens with one attached hydrogen (secondary N) is 3. The van der Waals surface area contributed by atoms with E-state index in [0.29, 0.717) is 44.7 Å². The molecule has 1 aromatic heterocycles. The van der Waals surface area contributed by atoms with Crippen molar-refractivity contribution in [3.8, 4) is 0 Å². The predicted octanol–water partition coefficient (Wildman–Crippen LogP) is 8.17. The van der Waals surface area contributed by atoms with E-state index in [9.17, 15) is 0 Å². The number of H-pyrrole nitrogens is 1. The Morgan fingerprint density at radius 1 is 0.902 bits per heavy atom. The summed E-state index contributed by atoms with van der Waals surface area (Å²) < 4.78 is 11.7. The second-order valence-electron chi connectivity index (χ2n) is 9.95. The molecule has 6 rings (SSSR count). The summed E-state index contributed by atoms with van der Waals surface area (Å²) >= 11 is 24.5. The summed E-state index contributed by atoms with van der Waals surface area (Å²) in [7, 11) is 0. The van der Waals surface area contributed by atoms with Gasteiger partial charge in [-0.25, -0.2) is 9.98 Å². The number of anilines is 3. The van der Waals surface area contributed by atoms with Crippen molar-refractivity contribution in [3.63, 3.8) is 0 Å². The smallest absolute Gasteiger partial charge is 0.205 e. The number of aliphatic imine (C=N–C) groups is 1. The van der Waals surface area contributed by atoms with E-state index in [1.807, 2.05) is 6.07 Å². The number of rotatable bonds is 4. The van der Waals surface area contributed by atoms with Crippen molar-refractivity contribution >= 4 is 82.1 Å². The van der Waals surface area contributed by atoms with Crippen molar-refractivity contribution < 1.29 is 9.47 Å². The molecule has 0 amide bonds. The first-order valence-corrected chi connectivity index (χ1v) is 15.0. The second kappa shape index (κ2) is 14.5. The molecule has 1 atom stereocenters. The van der Waals surface area contributed by atoms with Crippen molar-refractivity contribution in [3.05, 3.63) is 67.9 Å². The Bertz CT molecular complexity index is 1300. The summed E-state index contributed by atoms with van der Waals surface area (Å²) in [5.41, 5.74) is 9.68. The third kappa shape index (κ3) is 7.73. The summed E-state index contributed by atoms with van der Waals surface area (Å²) in [4.78, 5) is 12.4. The number of imidazole rings is 1. The monoisotopic (exact) mass is 660 g/mol. The number of fused-ring (bicyclic) bond motifs is 1. The van der Waals surface area contributed by atoms with Crippen molar-refractivity contribution in [1.82, 2.24) is 9.97 Å². The number of nitrogens with zero attached hydrogens (tertiary/aromatic N) is 2. The Balaban J connectivity index is 0.000000188. The highest BCUT2D eigenvalue weighted by Crippen LogP contribution is 2.38. The van der Waals surface area contributed by atoms with E-state index in [1.165, 1.54) is 18.5 Å². The molecule has 3 aliphatic rings. The molecule has 0 radical (unpaired) electrons. The zero-order chi connectivity index (χ0) is 28.1. The van der Waals surface area contributed by atoms with Crippen molar-refractivity contribution in [2.75, 3.05) is 23.8 Å². The van der Waals surface area contributed by atoms with E-state index in [1.54, 1.807) is 30.3 Å². The molecule has 2 fully saturated rings. The molecule has 222 valence electrons. The predicted molar refractivity (Wildman–Crippen MR) is 171 cm³/mol. The zero-order valence-corrected chi connectivity index (χ0v) is 26.2. The van der Waals surface area contributed by atoms with Gasteiger partial charge in [0.2, 0.25) is 5.95 Å². The Morgan fingerprint density at radius 2 is 1.51 bits per heavy atom. The number of aryl methyl sites for hydroxylation is 2. The highest BCUT2D eigenvalue weighted by molar-refractivity contribution is 6.40. The minimum atomic E-state index is -0.616. The minimum absolute atomic E-state index is 0. The maximum Gasteiger partial charge on any atom is 0.205 e. The molecule has 5 N–H and O–H groups in total. The Morgan fingerprint density at radius 3 is 2.15 bits per heavy atom. The highest BCUT2D eigenvalue weighted by Gasteiger charge is 2.46. The van der Waals surface area contributed by atoms with Gasteiger partial charge >= 0.3 is 0 Å². The van der Waals surface area contributed by atoms with Crippen LogP contribution in [0, 0.1) is 0 Å². The van der Waals surface area contributed by atoms with E-state index in [0.717, 1.165) is 50.2 Å². The van der Waals surface area contributed by atoms with Gasteiger partial charge in [0.05, 0.1) is 50.4 Å². The molecule has 8 nitrogen and oxygen atoms in total. The van der Waals surface area contributed by atoms with Gasteiger partial charge in [0.1, 0.15) is 6.04 Å². The van der Waals surface area contributed by atoms with E-state index >= 15 is 0 Å². The molecule has 13 heteroatoms. The van der Waals surface area contributed by atoms with Gasteiger partial charge in [-0.05, 0) is 62.8 Å². The first-order chi connectivity index (χ1) is 19.3. The van der Waals surface area contributed by atoms with Crippen LogP contribution < -0.4 is 16.4 Å². The number of hydrogen-bond donors (Lipinski definition) is 4. The number of hydrogen-bond acceptors (Lipinski definition) is 5. The van der Waals surface area contributed by atoms with Crippen LogP contribution in [-0.4, -0.2) is 41.0 Å². The molecule has 1 unspecified atom stereocenters. The first-order valence-electron chi connectivity index (χ1n) is 13.5. The van der Waals surface area contributed by atoms with Gasteiger partial charge in [0.25, 0.3) is 0 Å². The summed E-state index contributed by atoms with van der Waals surface area (Å²) in [5.74, 6) is 0.367. The first kappa shape index (κ1) is 32.0. The maximum atomic E-state index is 6.13. The average molecular weight is 663 g/mol. The number of para-hydroxylation sites is 2. The van der Waals surface area contributed by atoms with Gasteiger partial charge in [-0.15, -0.1) is 12.4 Å². The summed E-state index contributed by atoms with van der Waals surface area (Å²) in [6, 6.07) is 10.6.